The van der Waals surface area contributed by atoms with Gasteiger partial charge < -0.3 is 15.3 Å². The molecule has 2 aromatic rings. The maximum atomic E-state index is 13.5. The van der Waals surface area contributed by atoms with Gasteiger partial charge in [0.25, 0.3) is 0 Å². The van der Waals surface area contributed by atoms with Gasteiger partial charge in [0, 0.05) is 45.4 Å². The van der Waals surface area contributed by atoms with E-state index >= 15 is 0 Å². The summed E-state index contributed by atoms with van der Waals surface area (Å²) in [6, 6.07) is 8.22. The third-order valence-electron chi connectivity index (χ3n) is 7.12. The molecular weight excluding hydrogens is 543 g/mol. The molecule has 0 saturated carbocycles. The monoisotopic (exact) mass is 582 g/mol. The molecule has 1 saturated heterocycles. The highest BCUT2D eigenvalue weighted by molar-refractivity contribution is 7.16. The molecule has 220 valence electrons. The topological polar surface area (TPSA) is 111 Å². The number of nitrogens with one attached hydrogen (secondary N) is 1. The zero-order chi connectivity index (χ0) is 30.1. The molecule has 1 aromatic carbocycles. The molecule has 41 heavy (non-hydrogen) atoms. The number of carboxylic acid groups (broad SMARTS) is 1. The van der Waals surface area contributed by atoms with Gasteiger partial charge in [-0.3, -0.25) is 19.7 Å². The second kappa shape index (κ2) is 14.6. The Morgan fingerprint density at radius 3 is 2.46 bits per heavy atom. The van der Waals surface area contributed by atoms with Crippen molar-refractivity contribution in [2.45, 2.75) is 33.1 Å². The minimum Gasteiger partial charge on any atom is -0.480 e. The van der Waals surface area contributed by atoms with E-state index < -0.39 is 5.97 Å². The van der Waals surface area contributed by atoms with E-state index in [4.69, 9.17) is 10.1 Å². The smallest absolute Gasteiger partial charge is 0.317 e. The number of carboxylic acids is 1. The number of halogens is 1. The van der Waals surface area contributed by atoms with Crippen LogP contribution in [0.2, 0.25) is 0 Å². The van der Waals surface area contributed by atoms with Gasteiger partial charge in [0.1, 0.15) is 34.1 Å². The average molecular weight is 583 g/mol. The summed E-state index contributed by atoms with van der Waals surface area (Å²) in [5.74, 6) is 0.690. The number of aromatic nitrogens is 1. The summed E-state index contributed by atoms with van der Waals surface area (Å²) in [6.45, 7) is 10.0. The highest BCUT2D eigenvalue weighted by atomic mass is 32.1. The number of hydrogen-bond donors (Lipinski definition) is 2. The Morgan fingerprint density at radius 1 is 1.27 bits per heavy atom. The number of allylic oxidation sites excluding steroid dienone is 1. The highest BCUT2D eigenvalue weighted by Crippen LogP contribution is 2.34. The quantitative estimate of drug-likeness (QED) is 0.211. The molecule has 0 unspecified atom stereocenters. The Bertz CT molecular complexity index is 1310. The number of hydrazine groups is 1. The molecule has 10 nitrogen and oxygen atoms in total. The van der Waals surface area contributed by atoms with Gasteiger partial charge in [-0.2, -0.15) is 5.26 Å². The standard InChI is InChI=1S/C29H39FN8O2S/c1-7-23(36(5)37(6)27(32-8-2)21-14-16-38(17-15-21)19-25(39)40)28(33-9-3)35(4)29-34-26(24(18-31)41-29)20-10-12-22(30)13-11-20/h8,10-13,21,33H,2,7,9,14-17,19H2,1,3-6H3,(H,39,40)/b28-23+,32-27-. The van der Waals surface area contributed by atoms with Crippen LogP contribution in [0.1, 0.15) is 38.0 Å². The van der Waals surface area contributed by atoms with Gasteiger partial charge in [-0.1, -0.05) is 24.8 Å². The van der Waals surface area contributed by atoms with Crippen LogP contribution in [0.15, 0.2) is 53.6 Å². The lowest BCUT2D eigenvalue weighted by Gasteiger charge is -2.40. The number of anilines is 1. The molecule has 2 N–H and O–H groups in total. The van der Waals surface area contributed by atoms with Crippen LogP contribution in [-0.4, -0.2) is 84.1 Å². The number of benzene rings is 1. The lowest BCUT2D eigenvalue weighted by molar-refractivity contribution is -0.138. The van der Waals surface area contributed by atoms with E-state index in [1.165, 1.54) is 23.5 Å². The molecule has 0 amide bonds. The van der Waals surface area contributed by atoms with Crippen molar-refractivity contribution in [2.75, 3.05) is 52.2 Å². The first-order chi connectivity index (χ1) is 19.6. The number of nitrogens with zero attached hydrogens (tertiary/aromatic N) is 7. The van der Waals surface area contributed by atoms with Crippen molar-refractivity contribution in [3.63, 3.8) is 0 Å². The van der Waals surface area contributed by atoms with Gasteiger partial charge in [-0.05, 0) is 63.5 Å². The third-order valence-corrected chi connectivity index (χ3v) is 8.15. The van der Waals surface area contributed by atoms with Gasteiger partial charge in [0.15, 0.2) is 5.13 Å². The number of piperidine rings is 1. The van der Waals surface area contributed by atoms with Crippen molar-refractivity contribution in [3.8, 4) is 17.3 Å². The largest absolute Gasteiger partial charge is 0.480 e. The van der Waals surface area contributed by atoms with E-state index in [1.807, 2.05) is 42.9 Å². The number of carbonyl (C=O) groups is 1. The summed E-state index contributed by atoms with van der Waals surface area (Å²) in [7, 11) is 5.86. The second-order valence-corrected chi connectivity index (χ2v) is 10.7. The molecule has 12 heteroatoms. The molecular formula is C29H39FN8O2S. The van der Waals surface area contributed by atoms with Crippen molar-refractivity contribution in [3.05, 3.63) is 59.3 Å². The highest BCUT2D eigenvalue weighted by Gasteiger charge is 2.29. The van der Waals surface area contributed by atoms with Crippen LogP contribution in [0.25, 0.3) is 11.3 Å². The predicted octanol–water partition coefficient (Wildman–Crippen LogP) is 4.56. The summed E-state index contributed by atoms with van der Waals surface area (Å²) in [4.78, 5) is 24.9. The van der Waals surface area contributed by atoms with Crippen molar-refractivity contribution in [1.29, 1.82) is 5.26 Å². The normalized spacial score (nSPS) is 15.1. The third kappa shape index (κ3) is 7.62. The van der Waals surface area contributed by atoms with E-state index in [-0.39, 0.29) is 18.3 Å². The fraction of sp³-hybridized carbons (Fsp3) is 0.448. The van der Waals surface area contributed by atoms with Crippen LogP contribution in [0, 0.1) is 23.1 Å². The van der Waals surface area contributed by atoms with Crippen LogP contribution in [0.4, 0.5) is 9.52 Å². The van der Waals surface area contributed by atoms with Gasteiger partial charge in [-0.15, -0.1) is 0 Å². The van der Waals surface area contributed by atoms with E-state index in [9.17, 15) is 14.4 Å². The van der Waals surface area contributed by atoms with Gasteiger partial charge in [0.2, 0.25) is 0 Å². The Morgan fingerprint density at radius 2 is 1.93 bits per heavy atom. The summed E-state index contributed by atoms with van der Waals surface area (Å²) < 4.78 is 13.5. The summed E-state index contributed by atoms with van der Waals surface area (Å²) in [5, 5.41) is 27.2. The number of aliphatic imine (C=N–C) groups is 1. The van der Waals surface area contributed by atoms with Crippen molar-refractivity contribution in [1.82, 2.24) is 25.2 Å². The number of thiazole rings is 1. The number of nitriles is 1. The van der Waals surface area contributed by atoms with Gasteiger partial charge in [-0.25, -0.2) is 14.4 Å². The number of rotatable bonds is 12. The van der Waals surface area contributed by atoms with Crippen molar-refractivity contribution in [2.24, 2.45) is 10.9 Å². The fourth-order valence-corrected chi connectivity index (χ4v) is 5.83. The summed E-state index contributed by atoms with van der Waals surface area (Å²) in [5.41, 5.74) is 2.18. The number of hydrogen-bond acceptors (Lipinski definition) is 9. The minimum atomic E-state index is -0.815. The van der Waals surface area contributed by atoms with Crippen LogP contribution < -0.4 is 10.2 Å². The van der Waals surface area contributed by atoms with Crippen LogP contribution in [0.5, 0.6) is 0 Å². The molecule has 0 aliphatic carbocycles. The zero-order valence-corrected chi connectivity index (χ0v) is 25.2. The Labute approximate surface area is 245 Å². The fourth-order valence-electron chi connectivity index (χ4n) is 4.98. The lowest BCUT2D eigenvalue weighted by Crippen LogP contribution is -2.48. The maximum absolute atomic E-state index is 13.5. The first-order valence-electron chi connectivity index (χ1n) is 13.6. The first kappa shape index (κ1) is 31.6. The molecule has 3 rings (SSSR count). The van der Waals surface area contributed by atoms with Crippen molar-refractivity contribution < 1.29 is 14.3 Å². The lowest BCUT2D eigenvalue weighted by atomic mass is 9.95. The van der Waals surface area contributed by atoms with Crippen molar-refractivity contribution >= 4 is 28.3 Å². The summed E-state index contributed by atoms with van der Waals surface area (Å²) in [6.07, 6.45) is 3.83. The molecule has 0 bridgehead atoms. The minimum absolute atomic E-state index is 0.0463. The maximum Gasteiger partial charge on any atom is 0.317 e. The van der Waals surface area contributed by atoms with E-state index in [2.05, 4.69) is 34.9 Å². The number of amidine groups is 1. The van der Waals surface area contributed by atoms with Gasteiger partial charge >= 0.3 is 5.97 Å². The molecule has 1 aromatic heterocycles. The first-order valence-corrected chi connectivity index (χ1v) is 14.4. The Balaban J connectivity index is 1.93. The zero-order valence-electron chi connectivity index (χ0n) is 24.4. The van der Waals surface area contributed by atoms with E-state index in [0.29, 0.717) is 47.3 Å². The Hall–Kier alpha value is -3.95. The molecule has 1 aliphatic heterocycles. The predicted molar refractivity (Wildman–Crippen MR) is 162 cm³/mol. The molecule has 2 heterocycles. The molecule has 0 atom stereocenters. The van der Waals surface area contributed by atoms with Crippen LogP contribution in [-0.2, 0) is 4.79 Å². The number of likely N-dealkylation sites (tertiary alicyclic amines) is 1. The van der Waals surface area contributed by atoms with Gasteiger partial charge in [0.05, 0.1) is 12.2 Å². The van der Waals surface area contributed by atoms with E-state index in [0.717, 1.165) is 30.2 Å². The molecule has 1 aliphatic rings. The Kier molecular flexibility index (Phi) is 11.3. The average Bonchev–Trinajstić information content (AvgIpc) is 3.40. The molecule has 0 radical (unpaired) electrons. The second-order valence-electron chi connectivity index (χ2n) is 9.69. The van der Waals surface area contributed by atoms with Crippen LogP contribution in [0.3, 0.4) is 0 Å². The summed E-state index contributed by atoms with van der Waals surface area (Å²) >= 11 is 1.28. The number of aliphatic carboxylic acids is 1. The molecule has 0 spiro atoms. The van der Waals surface area contributed by atoms with E-state index in [1.54, 1.807) is 18.3 Å². The molecule has 1 fully saturated rings. The SMILES string of the molecule is C=C/N=C(/C1CCN(CC(=O)O)CC1)N(C)N(C)/C(CC)=C(\NCC)N(C)c1nc(-c2ccc(F)cc2)c(C#N)s1. The van der Waals surface area contributed by atoms with Crippen LogP contribution >= 0.6 is 11.3 Å².